The van der Waals surface area contributed by atoms with Crippen LogP contribution in [0.25, 0.3) is 0 Å². The Kier molecular flexibility index (Phi) is 6.07. The first-order chi connectivity index (χ1) is 9.26. The summed E-state index contributed by atoms with van der Waals surface area (Å²) in [4.78, 5) is 1.55. The molecule has 0 aliphatic heterocycles. The summed E-state index contributed by atoms with van der Waals surface area (Å²) >= 11 is 0. The fourth-order valence-electron chi connectivity index (χ4n) is 1.98. The average molecular weight is 303 g/mol. The minimum Gasteiger partial charge on any atom is -0.316 e. The number of sulfonamides is 1. The van der Waals surface area contributed by atoms with Crippen molar-refractivity contribution >= 4 is 10.0 Å². The third kappa shape index (κ3) is 4.82. The summed E-state index contributed by atoms with van der Waals surface area (Å²) in [5.41, 5.74) is 0.717. The maximum absolute atomic E-state index is 13.8. The van der Waals surface area contributed by atoms with E-state index in [9.17, 15) is 12.8 Å². The Labute approximate surface area is 120 Å². The van der Waals surface area contributed by atoms with E-state index in [0.717, 1.165) is 5.56 Å². The molecule has 0 radical (unpaired) electrons. The molecule has 0 aliphatic carbocycles. The fourth-order valence-corrected chi connectivity index (χ4v) is 3.34. The molecule has 0 fully saturated rings. The smallest absolute Gasteiger partial charge is 0.243 e. The number of likely N-dealkylation sites (N-methyl/N-ethyl adjacent to an activating group) is 1. The van der Waals surface area contributed by atoms with Gasteiger partial charge in [-0.25, -0.2) is 17.5 Å². The van der Waals surface area contributed by atoms with Crippen LogP contribution < -0.4 is 10.0 Å². The van der Waals surface area contributed by atoms with E-state index in [-0.39, 0.29) is 10.9 Å². The lowest BCUT2D eigenvalue weighted by Gasteiger charge is -2.18. The minimum absolute atomic E-state index is 0.303. The highest BCUT2D eigenvalue weighted by Gasteiger charge is 2.22. The fraction of sp³-hybridized carbons (Fsp3) is 0.538. The molecule has 1 unspecified atom stereocenters. The van der Waals surface area contributed by atoms with Crippen molar-refractivity contribution in [3.05, 3.63) is 29.6 Å². The van der Waals surface area contributed by atoms with Crippen molar-refractivity contribution in [3.63, 3.8) is 0 Å². The molecule has 0 amide bonds. The summed E-state index contributed by atoms with van der Waals surface area (Å²) in [6, 6.07) is 3.80. The third-order valence-electron chi connectivity index (χ3n) is 2.66. The van der Waals surface area contributed by atoms with E-state index in [1.54, 1.807) is 20.0 Å². The molecule has 1 aromatic rings. The summed E-state index contributed by atoms with van der Waals surface area (Å²) < 4.78 is 40.7. The Morgan fingerprint density at radius 1 is 1.35 bits per heavy atom. The van der Waals surface area contributed by atoms with Crippen molar-refractivity contribution in [3.8, 4) is 0 Å². The first-order valence-electron chi connectivity index (χ1n) is 6.36. The molecule has 0 aliphatic rings. The Bertz CT molecular complexity index is 547. The van der Waals surface area contributed by atoms with Crippen molar-refractivity contribution in [2.24, 2.45) is 0 Å². The van der Waals surface area contributed by atoms with Crippen LogP contribution >= 0.6 is 0 Å². The summed E-state index contributed by atoms with van der Waals surface area (Å²) in [6.45, 7) is 2.76. The van der Waals surface area contributed by atoms with Gasteiger partial charge in [-0.05, 0) is 45.8 Å². The lowest BCUT2D eigenvalue weighted by Crippen LogP contribution is -2.39. The lowest BCUT2D eigenvalue weighted by molar-refractivity contribution is 0.370. The zero-order valence-corrected chi connectivity index (χ0v) is 13.1. The highest BCUT2D eigenvalue weighted by atomic mass is 32.2. The number of hydrogen-bond donors (Lipinski definition) is 2. The van der Waals surface area contributed by atoms with Crippen LogP contribution in [0.4, 0.5) is 4.39 Å². The number of benzene rings is 1. The van der Waals surface area contributed by atoms with Crippen molar-refractivity contribution < 1.29 is 12.8 Å². The SMILES string of the molecule is CNCc1ccc(F)c(S(=O)(=O)NC(C)CN(C)C)c1. The maximum atomic E-state index is 13.8. The summed E-state index contributed by atoms with van der Waals surface area (Å²) in [5, 5.41) is 2.90. The molecule has 0 aromatic heterocycles. The molecule has 1 atom stereocenters. The van der Waals surface area contributed by atoms with Crippen molar-refractivity contribution in [2.45, 2.75) is 24.4 Å². The molecular formula is C13H22FN3O2S. The van der Waals surface area contributed by atoms with E-state index < -0.39 is 15.8 Å². The van der Waals surface area contributed by atoms with Gasteiger partial charge in [-0.1, -0.05) is 6.07 Å². The molecule has 1 aromatic carbocycles. The van der Waals surface area contributed by atoms with Gasteiger partial charge in [-0.15, -0.1) is 0 Å². The summed E-state index contributed by atoms with van der Waals surface area (Å²) in [5.74, 6) is -0.741. The summed E-state index contributed by atoms with van der Waals surface area (Å²) in [6.07, 6.45) is 0. The van der Waals surface area contributed by atoms with Crippen molar-refractivity contribution in [1.82, 2.24) is 14.9 Å². The van der Waals surface area contributed by atoms with Crippen LogP contribution in [-0.4, -0.2) is 47.0 Å². The van der Waals surface area contributed by atoms with Crippen LogP contribution in [0.2, 0.25) is 0 Å². The van der Waals surface area contributed by atoms with Gasteiger partial charge in [0.1, 0.15) is 10.7 Å². The Morgan fingerprint density at radius 2 is 2.00 bits per heavy atom. The number of nitrogens with zero attached hydrogens (tertiary/aromatic N) is 1. The molecule has 5 nitrogen and oxygen atoms in total. The van der Waals surface area contributed by atoms with Gasteiger partial charge >= 0.3 is 0 Å². The predicted octanol–water partition coefficient (Wildman–Crippen LogP) is 0.774. The minimum atomic E-state index is -3.86. The van der Waals surface area contributed by atoms with Crippen LogP contribution in [0, 0.1) is 5.82 Å². The Hall–Kier alpha value is -1.02. The molecule has 20 heavy (non-hydrogen) atoms. The van der Waals surface area contributed by atoms with Gasteiger partial charge in [0.2, 0.25) is 10.0 Å². The molecular weight excluding hydrogens is 281 g/mol. The molecule has 0 saturated carbocycles. The highest BCUT2D eigenvalue weighted by molar-refractivity contribution is 7.89. The van der Waals surface area contributed by atoms with E-state index in [1.807, 2.05) is 19.0 Å². The molecule has 0 bridgehead atoms. The van der Waals surface area contributed by atoms with Gasteiger partial charge in [-0.3, -0.25) is 0 Å². The highest BCUT2D eigenvalue weighted by Crippen LogP contribution is 2.17. The predicted molar refractivity (Wildman–Crippen MR) is 77.5 cm³/mol. The van der Waals surface area contributed by atoms with Crippen molar-refractivity contribution in [1.29, 1.82) is 0 Å². The van der Waals surface area contributed by atoms with Gasteiger partial charge in [0.05, 0.1) is 0 Å². The largest absolute Gasteiger partial charge is 0.316 e. The maximum Gasteiger partial charge on any atom is 0.243 e. The van der Waals surface area contributed by atoms with Gasteiger partial charge in [0.25, 0.3) is 0 Å². The van der Waals surface area contributed by atoms with E-state index in [0.29, 0.717) is 13.1 Å². The van der Waals surface area contributed by atoms with Crippen LogP contribution in [0.1, 0.15) is 12.5 Å². The second-order valence-electron chi connectivity index (χ2n) is 5.08. The zero-order valence-electron chi connectivity index (χ0n) is 12.3. The number of nitrogens with one attached hydrogen (secondary N) is 2. The molecule has 7 heteroatoms. The Morgan fingerprint density at radius 3 is 2.55 bits per heavy atom. The zero-order chi connectivity index (χ0) is 15.3. The quantitative estimate of drug-likeness (QED) is 0.781. The molecule has 0 spiro atoms. The second kappa shape index (κ2) is 7.12. The van der Waals surface area contributed by atoms with Crippen LogP contribution in [0.3, 0.4) is 0 Å². The van der Waals surface area contributed by atoms with Crippen molar-refractivity contribution in [2.75, 3.05) is 27.7 Å². The number of rotatable bonds is 7. The van der Waals surface area contributed by atoms with Gasteiger partial charge in [0, 0.05) is 19.1 Å². The topological polar surface area (TPSA) is 61.4 Å². The molecule has 0 heterocycles. The van der Waals surface area contributed by atoms with E-state index >= 15 is 0 Å². The third-order valence-corrected chi connectivity index (χ3v) is 4.27. The second-order valence-corrected chi connectivity index (χ2v) is 6.76. The number of hydrogen-bond acceptors (Lipinski definition) is 4. The first kappa shape index (κ1) is 17.0. The van der Waals surface area contributed by atoms with Gasteiger partial charge < -0.3 is 10.2 Å². The van der Waals surface area contributed by atoms with E-state index in [1.165, 1.54) is 12.1 Å². The van der Waals surface area contributed by atoms with Crippen LogP contribution in [0.5, 0.6) is 0 Å². The lowest BCUT2D eigenvalue weighted by atomic mass is 10.2. The monoisotopic (exact) mass is 303 g/mol. The standard InChI is InChI=1S/C13H22FN3O2S/c1-10(9-17(3)4)16-20(18,19)13-7-11(8-15-2)5-6-12(13)14/h5-7,10,15-16H,8-9H2,1-4H3. The number of halogens is 1. The van der Waals surface area contributed by atoms with Crippen LogP contribution in [0.15, 0.2) is 23.1 Å². The van der Waals surface area contributed by atoms with Gasteiger partial charge in [-0.2, -0.15) is 0 Å². The molecule has 0 saturated heterocycles. The summed E-state index contributed by atoms with van der Waals surface area (Å²) in [7, 11) is 1.58. The molecule has 2 N–H and O–H groups in total. The van der Waals surface area contributed by atoms with E-state index in [4.69, 9.17) is 0 Å². The Balaban J connectivity index is 2.99. The first-order valence-corrected chi connectivity index (χ1v) is 7.84. The molecule has 1 rings (SSSR count). The molecule has 114 valence electrons. The average Bonchev–Trinajstić information content (AvgIpc) is 2.29. The van der Waals surface area contributed by atoms with E-state index in [2.05, 4.69) is 10.0 Å². The van der Waals surface area contributed by atoms with Gasteiger partial charge in [0.15, 0.2) is 0 Å². The van der Waals surface area contributed by atoms with Crippen LogP contribution in [-0.2, 0) is 16.6 Å². The normalized spacial score (nSPS) is 13.7.